The first-order chi connectivity index (χ1) is 9.27. The molecule has 2 heterocycles. The van der Waals surface area contributed by atoms with Crippen molar-refractivity contribution in [2.24, 2.45) is 7.05 Å². The number of rotatable bonds is 3. The topological polar surface area (TPSA) is 60.0 Å². The Labute approximate surface area is 113 Å². The quantitative estimate of drug-likeness (QED) is 0.937. The molecule has 0 unspecified atom stereocenters. The number of nitrogens with zero attached hydrogens (tertiary/aromatic N) is 4. The lowest BCUT2D eigenvalue weighted by Crippen LogP contribution is -2.21. The molecule has 8 heteroatoms. The second-order valence-electron chi connectivity index (χ2n) is 4.45. The molecule has 0 saturated heterocycles. The molecule has 0 spiro atoms. The monoisotopic (exact) mass is 285 g/mol. The molecule has 0 atom stereocenters. The molecule has 2 rings (SSSR count). The van der Waals surface area contributed by atoms with Crippen molar-refractivity contribution in [2.45, 2.75) is 12.7 Å². The van der Waals surface area contributed by atoms with E-state index in [4.69, 9.17) is 5.73 Å². The molecule has 0 saturated carbocycles. The van der Waals surface area contributed by atoms with Gasteiger partial charge in [0.05, 0.1) is 12.1 Å². The lowest BCUT2D eigenvalue weighted by molar-refractivity contribution is -0.137. The number of pyridine rings is 1. The fourth-order valence-corrected chi connectivity index (χ4v) is 1.74. The van der Waals surface area contributed by atoms with Gasteiger partial charge in [-0.25, -0.2) is 9.97 Å². The molecule has 0 aromatic carbocycles. The number of aromatic nitrogens is 3. The molecule has 0 aliphatic rings. The van der Waals surface area contributed by atoms with Crippen LogP contribution in [-0.2, 0) is 19.8 Å². The summed E-state index contributed by atoms with van der Waals surface area (Å²) in [5.41, 5.74) is 4.63. The van der Waals surface area contributed by atoms with E-state index in [1.54, 1.807) is 28.9 Å². The molecular weight excluding hydrogens is 271 g/mol. The van der Waals surface area contributed by atoms with Crippen LogP contribution in [0, 0.1) is 0 Å². The first-order valence-corrected chi connectivity index (χ1v) is 5.79. The van der Waals surface area contributed by atoms with E-state index in [0.29, 0.717) is 12.4 Å². The number of alkyl halides is 3. The number of halogens is 3. The summed E-state index contributed by atoms with van der Waals surface area (Å²) in [5, 5.41) is 0. The second kappa shape index (κ2) is 5.03. The van der Waals surface area contributed by atoms with Gasteiger partial charge in [-0.05, 0) is 12.1 Å². The molecule has 2 aromatic heterocycles. The van der Waals surface area contributed by atoms with E-state index in [2.05, 4.69) is 9.97 Å². The minimum Gasteiger partial charge on any atom is -0.384 e. The van der Waals surface area contributed by atoms with Gasteiger partial charge < -0.3 is 15.2 Å². The van der Waals surface area contributed by atoms with Gasteiger partial charge in [-0.3, -0.25) is 0 Å². The van der Waals surface area contributed by atoms with Gasteiger partial charge in [0.15, 0.2) is 0 Å². The zero-order valence-electron chi connectivity index (χ0n) is 11.0. The maximum atomic E-state index is 12.7. The Morgan fingerprint density at radius 2 is 2.05 bits per heavy atom. The highest BCUT2D eigenvalue weighted by Crippen LogP contribution is 2.32. The lowest BCUT2D eigenvalue weighted by atomic mass is 10.2. The highest BCUT2D eigenvalue weighted by atomic mass is 19.4. The third-order valence-electron chi connectivity index (χ3n) is 2.85. The minimum absolute atomic E-state index is 0.153. The summed E-state index contributed by atoms with van der Waals surface area (Å²) in [6, 6.07) is 1.79. The van der Waals surface area contributed by atoms with Crippen LogP contribution in [-0.4, -0.2) is 21.6 Å². The molecule has 20 heavy (non-hydrogen) atoms. The molecule has 2 N–H and O–H groups in total. The normalized spacial score (nSPS) is 11.7. The molecule has 0 amide bonds. The van der Waals surface area contributed by atoms with E-state index in [-0.39, 0.29) is 11.6 Å². The van der Waals surface area contributed by atoms with Crippen LogP contribution in [0.15, 0.2) is 24.5 Å². The standard InChI is InChI=1S/C12H14F3N5/c1-19-4-3-17-11(19)7-20(2)10-6-8(12(13,14)15)5-9(16)18-10/h3-6H,7H2,1-2H3,(H2,16,18). The van der Waals surface area contributed by atoms with Crippen LogP contribution >= 0.6 is 0 Å². The van der Waals surface area contributed by atoms with E-state index in [9.17, 15) is 13.2 Å². The van der Waals surface area contributed by atoms with Crippen molar-refractivity contribution in [1.29, 1.82) is 0 Å². The molecule has 0 aliphatic carbocycles. The van der Waals surface area contributed by atoms with Gasteiger partial charge in [-0.15, -0.1) is 0 Å². The Morgan fingerprint density at radius 3 is 2.60 bits per heavy atom. The molecular formula is C12H14F3N5. The fraction of sp³-hybridized carbons (Fsp3) is 0.333. The van der Waals surface area contributed by atoms with Crippen LogP contribution in [0.5, 0.6) is 0 Å². The van der Waals surface area contributed by atoms with Crippen molar-refractivity contribution in [1.82, 2.24) is 14.5 Å². The van der Waals surface area contributed by atoms with Crippen molar-refractivity contribution in [3.63, 3.8) is 0 Å². The fourth-order valence-electron chi connectivity index (χ4n) is 1.74. The van der Waals surface area contributed by atoms with Gasteiger partial charge >= 0.3 is 6.18 Å². The predicted octanol–water partition coefficient (Wildman–Crippen LogP) is 2.05. The summed E-state index contributed by atoms with van der Waals surface area (Å²) in [6.45, 7) is 0.331. The van der Waals surface area contributed by atoms with Crippen LogP contribution in [0.1, 0.15) is 11.4 Å². The van der Waals surface area contributed by atoms with Gasteiger partial charge in [0.1, 0.15) is 17.5 Å². The van der Waals surface area contributed by atoms with Crippen LogP contribution < -0.4 is 10.6 Å². The van der Waals surface area contributed by atoms with Gasteiger partial charge in [-0.2, -0.15) is 13.2 Å². The maximum absolute atomic E-state index is 12.7. The van der Waals surface area contributed by atoms with E-state index in [1.807, 2.05) is 7.05 Å². The molecule has 0 fully saturated rings. The highest BCUT2D eigenvalue weighted by molar-refractivity contribution is 5.48. The number of imidazole rings is 1. The SMILES string of the molecule is CN(Cc1nccn1C)c1cc(C(F)(F)F)cc(N)n1. The number of aryl methyl sites for hydroxylation is 1. The second-order valence-corrected chi connectivity index (χ2v) is 4.45. The smallest absolute Gasteiger partial charge is 0.384 e. The number of nitrogen functional groups attached to an aromatic ring is 1. The first kappa shape index (κ1) is 14.2. The average Bonchev–Trinajstić information content (AvgIpc) is 2.73. The van der Waals surface area contributed by atoms with Crippen molar-refractivity contribution in [3.8, 4) is 0 Å². The summed E-state index contributed by atoms with van der Waals surface area (Å²) in [7, 11) is 3.45. The predicted molar refractivity (Wildman–Crippen MR) is 69.0 cm³/mol. The Hall–Kier alpha value is -2.25. The Morgan fingerprint density at radius 1 is 1.35 bits per heavy atom. The number of anilines is 2. The Balaban J connectivity index is 2.28. The molecule has 2 aromatic rings. The van der Waals surface area contributed by atoms with Crippen molar-refractivity contribution in [2.75, 3.05) is 17.7 Å². The summed E-state index contributed by atoms with van der Waals surface area (Å²) in [6.07, 6.45) is -1.07. The zero-order valence-corrected chi connectivity index (χ0v) is 11.0. The van der Waals surface area contributed by atoms with E-state index < -0.39 is 11.7 Å². The molecule has 0 aliphatic heterocycles. The van der Waals surface area contributed by atoms with Crippen LogP contribution in [0.2, 0.25) is 0 Å². The molecule has 0 bridgehead atoms. The molecule has 0 radical (unpaired) electrons. The van der Waals surface area contributed by atoms with Crippen LogP contribution in [0.3, 0.4) is 0 Å². The molecule has 5 nitrogen and oxygen atoms in total. The number of hydrogen-bond donors (Lipinski definition) is 1. The molecule has 108 valence electrons. The summed E-state index contributed by atoms with van der Waals surface area (Å²) < 4.78 is 40.0. The van der Waals surface area contributed by atoms with Gasteiger partial charge in [0, 0.05) is 26.5 Å². The number of nitrogens with two attached hydrogens (primary N) is 1. The van der Waals surface area contributed by atoms with Gasteiger partial charge in [0.2, 0.25) is 0 Å². The van der Waals surface area contributed by atoms with Crippen molar-refractivity contribution in [3.05, 3.63) is 35.9 Å². The van der Waals surface area contributed by atoms with Crippen LogP contribution in [0.25, 0.3) is 0 Å². The third-order valence-corrected chi connectivity index (χ3v) is 2.85. The van der Waals surface area contributed by atoms with Crippen LogP contribution in [0.4, 0.5) is 24.8 Å². The highest BCUT2D eigenvalue weighted by Gasteiger charge is 2.31. The minimum atomic E-state index is -4.45. The summed E-state index contributed by atoms with van der Waals surface area (Å²) in [5.74, 6) is 0.701. The lowest BCUT2D eigenvalue weighted by Gasteiger charge is -2.19. The van der Waals surface area contributed by atoms with Crippen molar-refractivity contribution >= 4 is 11.6 Å². The van der Waals surface area contributed by atoms with Crippen molar-refractivity contribution < 1.29 is 13.2 Å². The van der Waals surface area contributed by atoms with E-state index in [1.165, 1.54) is 0 Å². The average molecular weight is 285 g/mol. The first-order valence-electron chi connectivity index (χ1n) is 5.79. The maximum Gasteiger partial charge on any atom is 0.416 e. The third kappa shape index (κ3) is 3.01. The largest absolute Gasteiger partial charge is 0.416 e. The van der Waals surface area contributed by atoms with E-state index in [0.717, 1.165) is 12.1 Å². The van der Waals surface area contributed by atoms with Gasteiger partial charge in [0.25, 0.3) is 0 Å². The van der Waals surface area contributed by atoms with Gasteiger partial charge in [-0.1, -0.05) is 0 Å². The summed E-state index contributed by atoms with van der Waals surface area (Å²) in [4.78, 5) is 9.60. The zero-order chi connectivity index (χ0) is 14.9. The van der Waals surface area contributed by atoms with E-state index >= 15 is 0 Å². The Bertz CT molecular complexity index is 605. The number of hydrogen-bond acceptors (Lipinski definition) is 4. The summed E-state index contributed by atoms with van der Waals surface area (Å²) >= 11 is 0. The Kier molecular flexibility index (Phi) is 3.56.